The van der Waals surface area contributed by atoms with Crippen LogP contribution in [0.15, 0.2) is 66.7 Å². The molecule has 0 saturated heterocycles. The number of hydrogen-bond acceptors (Lipinski definition) is 1. The average Bonchev–Trinajstić information content (AvgIpc) is 2.53. The lowest BCUT2D eigenvalue weighted by Gasteiger charge is -2.11. The second-order valence-corrected chi connectivity index (χ2v) is 4.30. The van der Waals surface area contributed by atoms with E-state index in [1.165, 1.54) is 0 Å². The van der Waals surface area contributed by atoms with E-state index in [1.54, 1.807) is 0 Å². The Hall–Kier alpha value is -2.28. The van der Waals surface area contributed by atoms with Gasteiger partial charge in [-0.05, 0) is 35.5 Å². The van der Waals surface area contributed by atoms with Gasteiger partial charge in [0.05, 0.1) is 9.35 Å². The molecule has 0 unspecified atom stereocenters. The molecule has 0 N–H and O–H groups in total. The lowest BCUT2D eigenvalue weighted by Crippen LogP contribution is -1.93. The van der Waals surface area contributed by atoms with Gasteiger partial charge in [0.25, 0.3) is 0 Å². The molecule has 0 aliphatic carbocycles. The predicted octanol–water partition coefficient (Wildman–Crippen LogP) is 4.91. The maximum absolute atomic E-state index is 8.47. The number of rotatable bonds is 3. The van der Waals surface area contributed by atoms with Crippen LogP contribution in [0, 0.1) is 0 Å². The zero-order chi connectivity index (χ0) is 14.8. The van der Waals surface area contributed by atoms with Crippen LogP contribution >= 0.6 is 0 Å². The van der Waals surface area contributed by atoms with E-state index in [0.717, 1.165) is 16.3 Å². The van der Waals surface area contributed by atoms with Gasteiger partial charge >= 0.3 is 0 Å². The zero-order valence-corrected chi connectivity index (χ0v) is 10.8. The van der Waals surface area contributed by atoms with Crippen LogP contribution in [-0.4, -0.2) is 6.61 Å². The molecule has 0 atom stereocenters. The Labute approximate surface area is 116 Å². The molecule has 19 heavy (non-hydrogen) atoms. The fourth-order valence-corrected chi connectivity index (χ4v) is 2.14. The van der Waals surface area contributed by atoms with E-state index >= 15 is 0 Å². The molecule has 0 bridgehead atoms. The van der Waals surface area contributed by atoms with Crippen molar-refractivity contribution in [2.24, 2.45) is 0 Å². The highest BCUT2D eigenvalue weighted by Gasteiger charge is 2.06. The quantitative estimate of drug-likeness (QED) is 0.642. The second-order valence-electron chi connectivity index (χ2n) is 4.30. The van der Waals surface area contributed by atoms with E-state index in [9.17, 15) is 0 Å². The predicted molar refractivity (Wildman–Crippen MR) is 80.6 cm³/mol. The summed E-state index contributed by atoms with van der Waals surface area (Å²) >= 11 is 0. The average molecular weight is 250 g/mol. The van der Waals surface area contributed by atoms with Gasteiger partial charge < -0.3 is 4.74 Å². The number of fused-ring (bicyclic) bond motifs is 1. The molecule has 0 fully saturated rings. The zero-order valence-electron chi connectivity index (χ0n) is 12.8. The number of benzene rings is 3. The normalized spacial score (nSPS) is 12.1. The summed E-state index contributed by atoms with van der Waals surface area (Å²) in [6.45, 7) is 2.41. The first-order valence-corrected chi connectivity index (χ1v) is 6.44. The SMILES string of the molecule is [2H]c1c(-c2ccccc2)c([2H])c2ccccc2c1OCC. The first kappa shape index (κ1) is 9.62. The fraction of sp³-hybridized carbons (Fsp3) is 0.111. The highest BCUT2D eigenvalue weighted by molar-refractivity contribution is 5.92. The van der Waals surface area contributed by atoms with E-state index in [1.807, 2.05) is 61.5 Å². The summed E-state index contributed by atoms with van der Waals surface area (Å²) in [6.07, 6.45) is 0. The summed E-state index contributed by atoms with van der Waals surface area (Å²) in [5.41, 5.74) is 1.50. The Balaban J connectivity index is 2.40. The smallest absolute Gasteiger partial charge is 0.127 e. The van der Waals surface area contributed by atoms with Crippen LogP contribution in [0.25, 0.3) is 21.9 Å². The minimum Gasteiger partial charge on any atom is -0.493 e. The van der Waals surface area contributed by atoms with Crippen LogP contribution in [0.2, 0.25) is 0 Å². The third kappa shape index (κ3) is 2.32. The first-order valence-electron chi connectivity index (χ1n) is 7.44. The first-order chi connectivity index (χ1) is 10.2. The van der Waals surface area contributed by atoms with Crippen molar-refractivity contribution in [1.29, 1.82) is 0 Å². The van der Waals surface area contributed by atoms with Crippen LogP contribution in [0.4, 0.5) is 0 Å². The summed E-state index contributed by atoms with van der Waals surface area (Å²) in [4.78, 5) is 0. The van der Waals surface area contributed by atoms with Gasteiger partial charge in [0.15, 0.2) is 0 Å². The molecule has 0 spiro atoms. The molecule has 0 aromatic heterocycles. The molecule has 0 heterocycles. The number of ether oxygens (including phenoxy) is 1. The monoisotopic (exact) mass is 250 g/mol. The second kappa shape index (κ2) is 5.15. The van der Waals surface area contributed by atoms with Crippen molar-refractivity contribution < 1.29 is 7.48 Å². The Kier molecular flexibility index (Phi) is 2.61. The molecule has 0 aliphatic heterocycles. The highest BCUT2D eigenvalue weighted by atomic mass is 16.5. The van der Waals surface area contributed by atoms with E-state index < -0.39 is 0 Å². The van der Waals surface area contributed by atoms with Crippen molar-refractivity contribution in [3.8, 4) is 16.9 Å². The van der Waals surface area contributed by atoms with E-state index in [0.29, 0.717) is 24.0 Å². The Morgan fingerprint density at radius 1 is 0.895 bits per heavy atom. The van der Waals surface area contributed by atoms with Gasteiger partial charge in [-0.2, -0.15) is 0 Å². The number of hydrogen-bond donors (Lipinski definition) is 0. The molecule has 1 heteroatoms. The van der Waals surface area contributed by atoms with Gasteiger partial charge in [-0.25, -0.2) is 0 Å². The van der Waals surface area contributed by atoms with Gasteiger partial charge in [-0.1, -0.05) is 54.6 Å². The van der Waals surface area contributed by atoms with Gasteiger partial charge in [0.1, 0.15) is 5.75 Å². The maximum atomic E-state index is 8.47. The van der Waals surface area contributed by atoms with Crippen LogP contribution in [0.1, 0.15) is 9.67 Å². The molecule has 3 aromatic carbocycles. The molecule has 1 nitrogen and oxygen atoms in total. The summed E-state index contributed by atoms with van der Waals surface area (Å²) in [5, 5.41) is 1.64. The van der Waals surface area contributed by atoms with Crippen LogP contribution in [0.5, 0.6) is 5.75 Å². The minimum atomic E-state index is 0.284. The van der Waals surface area contributed by atoms with Crippen molar-refractivity contribution in [2.45, 2.75) is 6.92 Å². The molecular weight excluding hydrogens is 232 g/mol. The third-order valence-corrected chi connectivity index (χ3v) is 3.02. The summed E-state index contributed by atoms with van der Waals surface area (Å²) < 4.78 is 22.6. The van der Waals surface area contributed by atoms with E-state index in [4.69, 9.17) is 7.48 Å². The summed E-state index contributed by atoms with van der Waals surface area (Å²) in [7, 11) is 0. The fourth-order valence-electron chi connectivity index (χ4n) is 2.14. The largest absolute Gasteiger partial charge is 0.493 e. The molecule has 0 saturated carbocycles. The summed E-state index contributed by atoms with van der Waals surface area (Å²) in [6, 6.07) is 17.9. The van der Waals surface area contributed by atoms with Gasteiger partial charge in [0.2, 0.25) is 0 Å². The molecule has 3 aromatic rings. The third-order valence-electron chi connectivity index (χ3n) is 3.02. The van der Waals surface area contributed by atoms with Crippen LogP contribution in [0.3, 0.4) is 0 Å². The van der Waals surface area contributed by atoms with Crippen LogP contribution in [-0.2, 0) is 0 Å². The van der Waals surface area contributed by atoms with Gasteiger partial charge in [0, 0.05) is 5.39 Å². The Bertz CT molecular complexity index is 782. The van der Waals surface area contributed by atoms with Crippen molar-refractivity contribution in [3.63, 3.8) is 0 Å². The van der Waals surface area contributed by atoms with Crippen molar-refractivity contribution in [3.05, 3.63) is 66.7 Å². The highest BCUT2D eigenvalue weighted by Crippen LogP contribution is 2.32. The van der Waals surface area contributed by atoms with Crippen molar-refractivity contribution in [2.75, 3.05) is 6.61 Å². The Morgan fingerprint density at radius 3 is 2.42 bits per heavy atom. The Morgan fingerprint density at radius 2 is 1.63 bits per heavy atom. The molecular formula is C18H16O. The summed E-state index contributed by atoms with van der Waals surface area (Å²) in [5.74, 6) is 0.558. The lowest BCUT2D eigenvalue weighted by molar-refractivity contribution is 0.344. The van der Waals surface area contributed by atoms with Crippen LogP contribution < -0.4 is 4.74 Å². The molecule has 3 rings (SSSR count). The van der Waals surface area contributed by atoms with Gasteiger partial charge in [-0.3, -0.25) is 0 Å². The van der Waals surface area contributed by atoms with E-state index in [-0.39, 0.29) is 6.04 Å². The lowest BCUT2D eigenvalue weighted by atomic mass is 10.0. The molecule has 0 amide bonds. The van der Waals surface area contributed by atoms with Gasteiger partial charge in [-0.15, -0.1) is 0 Å². The standard InChI is InChI=1S/C18H16O/c1-2-19-18-13-16(14-8-4-3-5-9-14)12-15-10-6-7-11-17(15)18/h3-13H,2H2,1H3/i12D,13D. The molecule has 0 radical (unpaired) electrons. The van der Waals surface area contributed by atoms with Crippen molar-refractivity contribution in [1.82, 2.24) is 0 Å². The van der Waals surface area contributed by atoms with E-state index in [2.05, 4.69) is 0 Å². The topological polar surface area (TPSA) is 9.23 Å². The van der Waals surface area contributed by atoms with Crippen molar-refractivity contribution >= 4 is 10.8 Å². The maximum Gasteiger partial charge on any atom is 0.127 e. The molecule has 94 valence electrons. The minimum absolute atomic E-state index is 0.284. The molecule has 0 aliphatic rings.